The van der Waals surface area contributed by atoms with Gasteiger partial charge in [0.25, 0.3) is 0 Å². The van der Waals surface area contributed by atoms with E-state index in [4.69, 9.17) is 25.5 Å². The van der Waals surface area contributed by atoms with Crippen molar-refractivity contribution in [1.82, 2.24) is 0 Å². The topological polar surface area (TPSA) is 73.3 Å². The molecule has 4 rings (SSSR count). The van der Waals surface area contributed by atoms with Gasteiger partial charge in [-0.2, -0.15) is 0 Å². The second-order valence-corrected chi connectivity index (χ2v) is 9.54. The van der Waals surface area contributed by atoms with E-state index in [-0.39, 0.29) is 17.8 Å². The molecule has 2 aromatic carbocycles. The van der Waals surface area contributed by atoms with E-state index in [1.165, 1.54) is 24.0 Å². The number of hydrogen-bond donors (Lipinski definition) is 2. The number of quaternary nitrogens is 1. The van der Waals surface area contributed by atoms with Crippen LogP contribution in [0.25, 0.3) is 11.0 Å². The van der Waals surface area contributed by atoms with Gasteiger partial charge in [0.1, 0.15) is 42.6 Å². The van der Waals surface area contributed by atoms with Crippen molar-refractivity contribution in [3.05, 3.63) is 63.0 Å². The third-order valence-electron chi connectivity index (χ3n) is 6.30. The standard InChI is InChI=1S/C26H30ClNO5/c1-16-6-8-28(9-7-16)13-19(29)14-31-20-4-5-22-23(12-20)32-15-24(26(22)30)33-21-10-17(2)25(27)18(3)11-21/h4-5,10-12,15-16,19,29H,6-9,13-14H2,1-3H3/p+1/t19-/m1/s1. The molecular formula is C26H31ClNO5+. The molecule has 3 aromatic rings. The number of benzene rings is 2. The van der Waals surface area contributed by atoms with Crippen LogP contribution in [0.5, 0.6) is 17.2 Å². The van der Waals surface area contributed by atoms with Crippen LogP contribution < -0.4 is 19.8 Å². The summed E-state index contributed by atoms with van der Waals surface area (Å²) in [5.74, 6) is 1.95. The van der Waals surface area contributed by atoms with Crippen molar-refractivity contribution in [2.24, 2.45) is 5.92 Å². The fourth-order valence-corrected chi connectivity index (χ4v) is 4.41. The molecule has 1 aromatic heterocycles. The molecule has 1 saturated heterocycles. The molecule has 1 aliphatic heterocycles. The maximum atomic E-state index is 12.9. The van der Waals surface area contributed by atoms with Crippen molar-refractivity contribution in [2.75, 3.05) is 26.2 Å². The van der Waals surface area contributed by atoms with E-state index in [1.807, 2.05) is 13.8 Å². The highest BCUT2D eigenvalue weighted by Crippen LogP contribution is 2.29. The van der Waals surface area contributed by atoms with Gasteiger partial charge in [0, 0.05) is 11.1 Å². The molecule has 7 heteroatoms. The molecule has 176 valence electrons. The number of rotatable bonds is 7. The molecule has 0 amide bonds. The molecule has 0 saturated carbocycles. The zero-order valence-corrected chi connectivity index (χ0v) is 20.1. The Bertz CT molecular complexity index is 1160. The summed E-state index contributed by atoms with van der Waals surface area (Å²) in [6.45, 7) is 9.13. The van der Waals surface area contributed by atoms with Crippen LogP contribution in [0.1, 0.15) is 30.9 Å². The fourth-order valence-electron chi connectivity index (χ4n) is 4.30. The zero-order valence-electron chi connectivity index (χ0n) is 19.3. The lowest BCUT2D eigenvalue weighted by Crippen LogP contribution is -3.14. The molecule has 0 radical (unpaired) electrons. The number of fused-ring (bicyclic) bond motifs is 1. The van der Waals surface area contributed by atoms with Gasteiger partial charge in [0.05, 0.1) is 18.5 Å². The molecule has 0 unspecified atom stereocenters. The monoisotopic (exact) mass is 472 g/mol. The summed E-state index contributed by atoms with van der Waals surface area (Å²) in [7, 11) is 0. The zero-order chi connectivity index (χ0) is 23.5. The molecule has 6 nitrogen and oxygen atoms in total. The largest absolute Gasteiger partial charge is 0.491 e. The Morgan fingerprint density at radius 3 is 2.55 bits per heavy atom. The van der Waals surface area contributed by atoms with Crippen LogP contribution in [-0.4, -0.2) is 37.5 Å². The van der Waals surface area contributed by atoms with E-state index in [0.717, 1.165) is 30.1 Å². The highest BCUT2D eigenvalue weighted by Gasteiger charge is 2.22. The van der Waals surface area contributed by atoms with E-state index in [9.17, 15) is 9.90 Å². The van der Waals surface area contributed by atoms with Crippen molar-refractivity contribution in [3.8, 4) is 17.2 Å². The normalized spacial score (nSPS) is 19.4. The Morgan fingerprint density at radius 2 is 1.85 bits per heavy atom. The average Bonchev–Trinajstić information content (AvgIpc) is 2.79. The van der Waals surface area contributed by atoms with Gasteiger partial charge in [0.15, 0.2) is 0 Å². The molecule has 2 N–H and O–H groups in total. The van der Waals surface area contributed by atoms with Gasteiger partial charge in [0.2, 0.25) is 11.2 Å². The van der Waals surface area contributed by atoms with Crippen molar-refractivity contribution >= 4 is 22.6 Å². The summed E-state index contributed by atoms with van der Waals surface area (Å²) in [6, 6.07) is 8.60. The van der Waals surface area contributed by atoms with E-state index < -0.39 is 6.10 Å². The van der Waals surface area contributed by atoms with E-state index in [1.54, 1.807) is 30.3 Å². The molecule has 1 fully saturated rings. The second kappa shape index (κ2) is 10.2. The fraction of sp³-hybridized carbons (Fsp3) is 0.423. The van der Waals surface area contributed by atoms with Gasteiger partial charge in [-0.3, -0.25) is 4.79 Å². The van der Waals surface area contributed by atoms with Crippen LogP contribution in [0.2, 0.25) is 5.02 Å². The minimum atomic E-state index is -0.543. The third-order valence-corrected chi connectivity index (χ3v) is 6.90. The molecular weight excluding hydrogens is 442 g/mol. The van der Waals surface area contributed by atoms with E-state index in [0.29, 0.717) is 34.0 Å². The summed E-state index contributed by atoms with van der Waals surface area (Å²) >= 11 is 6.21. The third kappa shape index (κ3) is 5.69. The summed E-state index contributed by atoms with van der Waals surface area (Å²) in [6.07, 6.45) is 3.17. The number of aliphatic hydroxyl groups is 1. The summed E-state index contributed by atoms with van der Waals surface area (Å²) in [5.41, 5.74) is 1.88. The van der Waals surface area contributed by atoms with Gasteiger partial charge >= 0.3 is 0 Å². The Morgan fingerprint density at radius 1 is 1.15 bits per heavy atom. The van der Waals surface area contributed by atoms with Gasteiger partial charge in [-0.25, -0.2) is 0 Å². The highest BCUT2D eigenvalue weighted by atomic mass is 35.5. The van der Waals surface area contributed by atoms with Gasteiger partial charge in [-0.15, -0.1) is 0 Å². The molecule has 33 heavy (non-hydrogen) atoms. The lowest BCUT2D eigenvalue weighted by atomic mass is 9.99. The number of likely N-dealkylation sites (tertiary alicyclic amines) is 1. The van der Waals surface area contributed by atoms with Crippen molar-refractivity contribution in [3.63, 3.8) is 0 Å². The number of hydrogen-bond acceptors (Lipinski definition) is 5. The number of piperidine rings is 1. The minimum absolute atomic E-state index is 0.103. The molecule has 0 bridgehead atoms. The first kappa shape index (κ1) is 23.6. The van der Waals surface area contributed by atoms with Crippen LogP contribution in [0.15, 0.2) is 45.8 Å². The Kier molecular flexibility index (Phi) is 7.27. The van der Waals surface area contributed by atoms with Crippen LogP contribution in [-0.2, 0) is 0 Å². The molecule has 1 aliphatic rings. The van der Waals surface area contributed by atoms with Crippen molar-refractivity contribution < 1.29 is 23.9 Å². The van der Waals surface area contributed by atoms with Crippen molar-refractivity contribution in [2.45, 2.75) is 39.7 Å². The Labute approximate surface area is 198 Å². The lowest BCUT2D eigenvalue weighted by Gasteiger charge is -2.28. The van der Waals surface area contributed by atoms with Crippen molar-refractivity contribution in [1.29, 1.82) is 0 Å². The first-order valence-electron chi connectivity index (χ1n) is 11.4. The number of nitrogens with one attached hydrogen (secondary N) is 1. The maximum absolute atomic E-state index is 12.9. The quantitative estimate of drug-likeness (QED) is 0.545. The average molecular weight is 473 g/mol. The van der Waals surface area contributed by atoms with Gasteiger partial charge < -0.3 is 23.9 Å². The van der Waals surface area contributed by atoms with Gasteiger partial charge in [-0.1, -0.05) is 18.5 Å². The summed E-state index contributed by atoms with van der Waals surface area (Å²) < 4.78 is 17.2. The smallest absolute Gasteiger partial charge is 0.235 e. The van der Waals surface area contributed by atoms with E-state index in [2.05, 4.69) is 6.92 Å². The highest BCUT2D eigenvalue weighted by molar-refractivity contribution is 6.32. The minimum Gasteiger partial charge on any atom is -0.491 e. The number of halogens is 1. The Hall–Kier alpha value is -2.54. The first-order valence-corrected chi connectivity index (χ1v) is 11.8. The van der Waals surface area contributed by atoms with Crippen LogP contribution >= 0.6 is 11.6 Å². The predicted octanol–water partition coefficient (Wildman–Crippen LogP) is 3.91. The molecule has 0 spiro atoms. The van der Waals surface area contributed by atoms with Crippen LogP contribution in [0.3, 0.4) is 0 Å². The lowest BCUT2D eigenvalue weighted by molar-refractivity contribution is -0.909. The first-order chi connectivity index (χ1) is 15.8. The number of ether oxygens (including phenoxy) is 2. The second-order valence-electron chi connectivity index (χ2n) is 9.16. The van der Waals surface area contributed by atoms with Crippen LogP contribution in [0, 0.1) is 19.8 Å². The number of aliphatic hydroxyl groups excluding tert-OH is 1. The molecule has 2 heterocycles. The van der Waals surface area contributed by atoms with E-state index >= 15 is 0 Å². The summed E-state index contributed by atoms with van der Waals surface area (Å²) in [5, 5.41) is 11.5. The SMILES string of the molecule is Cc1cc(Oc2coc3cc(OC[C@H](O)C[NH+]4CCC(C)CC4)ccc3c2=O)cc(C)c1Cl. The Balaban J connectivity index is 1.42. The maximum Gasteiger partial charge on any atom is 0.235 e. The van der Waals surface area contributed by atoms with Gasteiger partial charge in [-0.05, 0) is 68.0 Å². The molecule has 1 atom stereocenters. The van der Waals surface area contributed by atoms with Crippen LogP contribution in [0.4, 0.5) is 0 Å². The number of aryl methyl sites for hydroxylation is 2. The summed E-state index contributed by atoms with van der Waals surface area (Å²) in [4.78, 5) is 14.3. The predicted molar refractivity (Wildman–Crippen MR) is 129 cm³/mol. The molecule has 0 aliphatic carbocycles.